The number of carbonyl (C=O) groups is 1. The average molecular weight is 422 g/mol. The van der Waals surface area contributed by atoms with Gasteiger partial charge in [-0.2, -0.15) is 0 Å². The minimum absolute atomic E-state index is 0.127. The number of carbonyl (C=O) groups excluding carboxylic acids is 1. The summed E-state index contributed by atoms with van der Waals surface area (Å²) in [5.41, 5.74) is 3.64. The largest absolute Gasteiger partial charge is 0.854 e. The molecule has 1 aliphatic heterocycles. The van der Waals surface area contributed by atoms with Gasteiger partial charge in [-0.05, 0) is 42.2 Å². The zero-order valence-corrected chi connectivity index (χ0v) is 18.2. The van der Waals surface area contributed by atoms with Gasteiger partial charge >= 0.3 is 0 Å². The highest BCUT2D eigenvalue weighted by Crippen LogP contribution is 2.40. The van der Waals surface area contributed by atoms with Crippen molar-refractivity contribution in [1.82, 2.24) is 10.1 Å². The lowest BCUT2D eigenvalue weighted by Gasteiger charge is -2.33. The molecule has 2 heterocycles. The quantitative estimate of drug-likeness (QED) is 0.476. The van der Waals surface area contributed by atoms with E-state index in [4.69, 9.17) is 0 Å². The van der Waals surface area contributed by atoms with Crippen LogP contribution in [0.3, 0.4) is 0 Å². The van der Waals surface area contributed by atoms with Crippen LogP contribution in [0, 0.1) is 0 Å². The monoisotopic (exact) mass is 421 g/mol. The highest BCUT2D eigenvalue weighted by molar-refractivity contribution is 7.99. The van der Waals surface area contributed by atoms with E-state index in [0.29, 0.717) is 22.1 Å². The molecule has 0 N–H and O–H groups in total. The third-order valence-electron chi connectivity index (χ3n) is 5.04. The first-order valence-electron chi connectivity index (χ1n) is 9.72. The highest BCUT2D eigenvalue weighted by atomic mass is 32.2. The van der Waals surface area contributed by atoms with Crippen LogP contribution in [0.2, 0.25) is 0 Å². The maximum atomic E-state index is 13.0. The Bertz CT molecular complexity index is 1100. The fraction of sp³-hybridized carbons (Fsp3) is 0.273. The minimum Gasteiger partial charge on any atom is -0.854 e. The van der Waals surface area contributed by atoms with E-state index in [2.05, 4.69) is 10.1 Å². The van der Waals surface area contributed by atoms with E-state index in [1.165, 1.54) is 18.7 Å². The van der Waals surface area contributed by atoms with Crippen LogP contribution in [0.1, 0.15) is 25.6 Å². The maximum Gasteiger partial charge on any atom is 0.293 e. The average Bonchev–Trinajstić information content (AvgIpc) is 2.72. The fourth-order valence-electron chi connectivity index (χ4n) is 3.71. The Morgan fingerprint density at radius 2 is 1.90 bits per heavy atom. The molecule has 7 nitrogen and oxygen atoms in total. The molecule has 0 radical (unpaired) electrons. The Kier molecular flexibility index (Phi) is 5.34. The topological polar surface area (TPSA) is 76.3 Å². The number of para-hydroxylation sites is 1. The molecule has 1 amide bonds. The lowest BCUT2D eigenvalue weighted by atomic mass is 10.0. The summed E-state index contributed by atoms with van der Waals surface area (Å²) >= 11 is 1.40. The second-order valence-electron chi connectivity index (χ2n) is 7.19. The zero-order valence-electron chi connectivity index (χ0n) is 17.4. The van der Waals surface area contributed by atoms with Crippen LogP contribution < -0.4 is 19.6 Å². The van der Waals surface area contributed by atoms with Crippen LogP contribution in [-0.4, -0.2) is 35.8 Å². The van der Waals surface area contributed by atoms with Crippen LogP contribution in [0.15, 0.2) is 53.7 Å². The van der Waals surface area contributed by atoms with Gasteiger partial charge < -0.3 is 10.0 Å². The first kappa shape index (κ1) is 20.2. The Morgan fingerprint density at radius 1 is 1.20 bits per heavy atom. The molecule has 0 fully saturated rings. The van der Waals surface area contributed by atoms with Gasteiger partial charge in [-0.15, -0.1) is 0 Å². The molecule has 1 atom stereocenters. The van der Waals surface area contributed by atoms with Crippen molar-refractivity contribution < 1.29 is 14.6 Å². The third-order valence-corrected chi connectivity index (χ3v) is 5.76. The number of thioether (sulfide) groups is 1. The predicted octanol–water partition coefficient (Wildman–Crippen LogP) is 2.60. The number of hydrogen-bond donors (Lipinski definition) is 0. The molecular formula is C22H23N5O2S. The molecule has 0 aliphatic carbocycles. The Balaban J connectivity index is 1.99. The number of hydrogen-bond acceptors (Lipinski definition) is 6. The standard InChI is InChI=1S/C22H23N5O2S/c1-5-30-22-23-20(29)19-17-8-6-7-9-18(17)26(14(2)28)21(27(19)24-22)15-10-12-16(13-11-15)25(3)4/h6-13,21H,5H2,1-4H3. The first-order chi connectivity index (χ1) is 14.4. The SMILES string of the molecule is CCSc1nc([O-])c2[n+](n1)C(c1ccc(N(C)C)cc1)N(C(C)=O)c1ccccc1-2. The number of fused-ring (bicyclic) bond motifs is 3. The Hall–Kier alpha value is -3.13. The molecule has 0 saturated heterocycles. The van der Waals surface area contributed by atoms with Gasteiger partial charge in [0.1, 0.15) is 0 Å². The number of anilines is 2. The van der Waals surface area contributed by atoms with E-state index in [1.807, 2.05) is 74.4 Å². The van der Waals surface area contributed by atoms with Crippen LogP contribution in [0.4, 0.5) is 11.4 Å². The first-order valence-corrected chi connectivity index (χ1v) is 10.7. The molecule has 1 unspecified atom stereocenters. The van der Waals surface area contributed by atoms with Gasteiger partial charge in [-0.3, -0.25) is 4.79 Å². The minimum atomic E-state index is -0.574. The molecule has 30 heavy (non-hydrogen) atoms. The van der Waals surface area contributed by atoms with Gasteiger partial charge in [-0.1, -0.05) is 35.5 Å². The number of rotatable bonds is 4. The van der Waals surface area contributed by atoms with Crippen molar-refractivity contribution in [3.05, 3.63) is 54.1 Å². The molecular weight excluding hydrogens is 398 g/mol. The van der Waals surface area contributed by atoms with Crippen LogP contribution in [-0.2, 0) is 4.79 Å². The fourth-order valence-corrected chi connectivity index (χ4v) is 4.26. The highest BCUT2D eigenvalue weighted by Gasteiger charge is 2.43. The normalized spacial score (nSPS) is 14.8. The lowest BCUT2D eigenvalue weighted by molar-refractivity contribution is -0.764. The molecule has 0 bridgehead atoms. The van der Waals surface area contributed by atoms with E-state index in [9.17, 15) is 9.90 Å². The van der Waals surface area contributed by atoms with Crippen molar-refractivity contribution in [1.29, 1.82) is 0 Å². The van der Waals surface area contributed by atoms with Crippen molar-refractivity contribution in [3.63, 3.8) is 0 Å². The van der Waals surface area contributed by atoms with E-state index >= 15 is 0 Å². The van der Waals surface area contributed by atoms with Crippen LogP contribution in [0.25, 0.3) is 11.3 Å². The molecule has 1 aliphatic rings. The van der Waals surface area contributed by atoms with E-state index in [0.717, 1.165) is 17.0 Å². The van der Waals surface area contributed by atoms with Crippen molar-refractivity contribution in [2.24, 2.45) is 0 Å². The molecule has 0 spiro atoms. The Labute approximate surface area is 180 Å². The summed E-state index contributed by atoms with van der Waals surface area (Å²) in [6.07, 6.45) is -0.574. The summed E-state index contributed by atoms with van der Waals surface area (Å²) in [5.74, 6) is 0.276. The zero-order chi connectivity index (χ0) is 21.4. The summed E-state index contributed by atoms with van der Waals surface area (Å²) < 4.78 is 1.65. The van der Waals surface area contributed by atoms with E-state index < -0.39 is 6.17 Å². The smallest absolute Gasteiger partial charge is 0.293 e. The Morgan fingerprint density at radius 3 is 2.53 bits per heavy atom. The number of amides is 1. The van der Waals surface area contributed by atoms with Crippen molar-refractivity contribution in [2.45, 2.75) is 25.2 Å². The van der Waals surface area contributed by atoms with Gasteiger partial charge in [0.2, 0.25) is 5.91 Å². The van der Waals surface area contributed by atoms with Crippen molar-refractivity contribution in [2.75, 3.05) is 29.6 Å². The summed E-state index contributed by atoms with van der Waals surface area (Å²) in [4.78, 5) is 20.7. The predicted molar refractivity (Wildman–Crippen MR) is 116 cm³/mol. The number of nitrogens with zero attached hydrogens (tertiary/aromatic N) is 5. The number of aromatic nitrogens is 3. The second kappa shape index (κ2) is 7.95. The molecule has 8 heteroatoms. The summed E-state index contributed by atoms with van der Waals surface area (Å²) in [7, 11) is 3.95. The summed E-state index contributed by atoms with van der Waals surface area (Å²) in [6, 6.07) is 15.3. The third kappa shape index (κ3) is 3.37. The van der Waals surface area contributed by atoms with Crippen molar-refractivity contribution >= 4 is 29.0 Å². The molecule has 2 aromatic carbocycles. The lowest BCUT2D eigenvalue weighted by Crippen LogP contribution is -2.58. The second-order valence-corrected chi connectivity index (χ2v) is 8.42. The van der Waals surface area contributed by atoms with Crippen molar-refractivity contribution in [3.8, 4) is 17.1 Å². The van der Waals surface area contributed by atoms with E-state index in [1.54, 1.807) is 9.58 Å². The molecule has 154 valence electrons. The van der Waals surface area contributed by atoms with Gasteiger partial charge in [0.25, 0.3) is 17.0 Å². The van der Waals surface area contributed by atoms with Gasteiger partial charge in [0.05, 0.1) is 17.1 Å². The van der Waals surface area contributed by atoms with E-state index in [-0.39, 0.29) is 11.8 Å². The summed E-state index contributed by atoms with van der Waals surface area (Å²) in [6.45, 7) is 3.52. The number of benzene rings is 2. The van der Waals surface area contributed by atoms with Crippen LogP contribution in [0.5, 0.6) is 5.88 Å². The van der Waals surface area contributed by atoms with Gasteiger partial charge in [-0.25, -0.2) is 9.88 Å². The molecule has 3 aromatic rings. The van der Waals surface area contributed by atoms with Gasteiger partial charge in [0, 0.05) is 37.4 Å². The molecule has 1 aromatic heterocycles. The summed E-state index contributed by atoms with van der Waals surface area (Å²) in [5, 5.41) is 18.1. The molecule has 0 saturated carbocycles. The van der Waals surface area contributed by atoms with Gasteiger partial charge in [0.15, 0.2) is 0 Å². The maximum absolute atomic E-state index is 13.0. The molecule has 4 rings (SSSR count). The van der Waals surface area contributed by atoms with Crippen LogP contribution >= 0.6 is 11.8 Å².